The topological polar surface area (TPSA) is 56.7 Å². The van der Waals surface area contributed by atoms with Gasteiger partial charge in [-0.05, 0) is 12.1 Å². The zero-order valence-electron chi connectivity index (χ0n) is 7.85. The number of carbonyl (C=O) groups is 1. The van der Waals surface area contributed by atoms with Crippen molar-refractivity contribution < 1.29 is 15.2 Å². The van der Waals surface area contributed by atoms with Gasteiger partial charge in [0.2, 0.25) is 0 Å². The molecule has 1 fully saturated rings. The molecule has 2 N–H and O–H groups in total. The first-order valence-electron chi connectivity index (χ1n) is 4.60. The van der Waals surface area contributed by atoms with Crippen LogP contribution in [0.15, 0.2) is 28.7 Å². The fraction of sp³-hybridized carbons (Fsp3) is 0.300. The lowest BCUT2D eigenvalue weighted by atomic mass is 10.2. The lowest BCUT2D eigenvalue weighted by Gasteiger charge is -2.10. The number of nitrogens with two attached hydrogens (primary N) is 1. The van der Waals surface area contributed by atoms with Crippen molar-refractivity contribution in [3.8, 4) is 0 Å². The first-order chi connectivity index (χ1) is 7.16. The zero-order chi connectivity index (χ0) is 10.8. The first-order valence-corrected chi connectivity index (χ1v) is 6.44. The summed E-state index contributed by atoms with van der Waals surface area (Å²) in [6.45, 7) is 0. The highest BCUT2D eigenvalue weighted by molar-refractivity contribution is 9.10. The maximum Gasteiger partial charge on any atom is 0.159 e. The average Bonchev–Trinajstić information content (AvgIpc) is 2.66. The van der Waals surface area contributed by atoms with Gasteiger partial charge < -0.3 is 15.2 Å². The van der Waals surface area contributed by atoms with Crippen molar-refractivity contribution in [3.63, 3.8) is 0 Å². The molecule has 1 saturated heterocycles. The number of benzene rings is 1. The number of hydrogen-bond donors (Lipinski definition) is 1. The molecule has 3 nitrogen and oxygen atoms in total. The van der Waals surface area contributed by atoms with Crippen LogP contribution in [-0.4, -0.2) is 17.8 Å². The van der Waals surface area contributed by atoms with Crippen LogP contribution in [0, 0.1) is 0 Å². The van der Waals surface area contributed by atoms with Crippen molar-refractivity contribution in [3.05, 3.63) is 34.3 Å². The molecule has 0 unspecified atom stereocenters. The second-order valence-electron chi connectivity index (χ2n) is 3.43. The molecule has 0 bridgehead atoms. The van der Waals surface area contributed by atoms with Gasteiger partial charge >= 0.3 is 0 Å². The van der Waals surface area contributed by atoms with E-state index in [4.69, 9.17) is 0 Å². The Morgan fingerprint density at radius 2 is 2.40 bits per heavy atom. The first kappa shape index (κ1) is 11.0. The molecule has 1 aliphatic heterocycles. The average molecular weight is 288 g/mol. The molecule has 0 aromatic heterocycles. The Morgan fingerprint density at radius 1 is 1.60 bits per heavy atom. The van der Waals surface area contributed by atoms with Gasteiger partial charge in [0.25, 0.3) is 0 Å². The summed E-state index contributed by atoms with van der Waals surface area (Å²) >= 11 is 5.04. The van der Waals surface area contributed by atoms with Gasteiger partial charge in [-0.25, -0.2) is 0 Å². The van der Waals surface area contributed by atoms with Crippen molar-refractivity contribution >= 4 is 33.7 Å². The molecule has 2 atom stereocenters. The van der Waals surface area contributed by atoms with E-state index in [1.807, 2.05) is 29.6 Å². The number of thioether (sulfide) groups is 1. The van der Waals surface area contributed by atoms with E-state index in [1.165, 1.54) is 0 Å². The Morgan fingerprint density at radius 3 is 3.00 bits per heavy atom. The van der Waals surface area contributed by atoms with Gasteiger partial charge in [-0.3, -0.25) is 0 Å². The predicted molar refractivity (Wildman–Crippen MR) is 60.1 cm³/mol. The molecule has 0 saturated carbocycles. The monoisotopic (exact) mass is 287 g/mol. The molecule has 80 valence electrons. The maximum absolute atomic E-state index is 10.7. The summed E-state index contributed by atoms with van der Waals surface area (Å²) in [5.74, 6) is -0.362. The van der Waals surface area contributed by atoms with Crippen LogP contribution in [0.2, 0.25) is 0 Å². The number of quaternary nitrogens is 1. The van der Waals surface area contributed by atoms with Crippen LogP contribution in [0.5, 0.6) is 0 Å². The Bertz CT molecular complexity index is 385. The number of halogens is 1. The van der Waals surface area contributed by atoms with E-state index in [1.54, 1.807) is 11.8 Å². The summed E-state index contributed by atoms with van der Waals surface area (Å²) in [6.07, 6.45) is 0. The Labute approximate surface area is 100 Å². The minimum absolute atomic E-state index is 0.172. The summed E-state index contributed by atoms with van der Waals surface area (Å²) in [5.41, 5.74) is 1.14. The minimum atomic E-state index is -0.972. The van der Waals surface area contributed by atoms with E-state index in [2.05, 4.69) is 15.9 Å². The molecule has 2 rings (SSSR count). The molecule has 1 aromatic rings. The molecule has 1 aliphatic rings. The quantitative estimate of drug-likeness (QED) is 0.825. The van der Waals surface area contributed by atoms with Crippen LogP contribution in [0.1, 0.15) is 10.9 Å². The zero-order valence-corrected chi connectivity index (χ0v) is 10.3. The molecule has 1 aromatic carbocycles. The fourth-order valence-electron chi connectivity index (χ4n) is 1.57. The molecular formula is C10H10BrNO2S. The fourth-order valence-corrected chi connectivity index (χ4v) is 3.29. The molecule has 0 radical (unpaired) electrons. The molecule has 0 spiro atoms. The summed E-state index contributed by atoms with van der Waals surface area (Å²) in [4.78, 5) is 10.7. The SMILES string of the molecule is O=C([O-])[C@@H]1CS[C@H](c2cccc(Br)c2)[NH2+]1. The second kappa shape index (κ2) is 4.55. The van der Waals surface area contributed by atoms with Crippen molar-refractivity contribution in [1.29, 1.82) is 0 Å². The number of rotatable bonds is 2. The van der Waals surface area contributed by atoms with E-state index < -0.39 is 12.0 Å². The van der Waals surface area contributed by atoms with Gasteiger partial charge in [0, 0.05) is 10.0 Å². The highest BCUT2D eigenvalue weighted by atomic mass is 79.9. The normalized spacial score (nSPS) is 25.4. The smallest absolute Gasteiger partial charge is 0.159 e. The van der Waals surface area contributed by atoms with E-state index in [0.29, 0.717) is 5.75 Å². The summed E-state index contributed by atoms with van der Waals surface area (Å²) < 4.78 is 1.02. The second-order valence-corrected chi connectivity index (χ2v) is 5.52. The van der Waals surface area contributed by atoms with E-state index in [9.17, 15) is 9.90 Å². The number of hydrogen-bond acceptors (Lipinski definition) is 3. The van der Waals surface area contributed by atoms with Crippen LogP contribution in [0.4, 0.5) is 0 Å². The molecule has 15 heavy (non-hydrogen) atoms. The lowest BCUT2D eigenvalue weighted by molar-refractivity contribution is -0.690. The van der Waals surface area contributed by atoms with Crippen LogP contribution in [0.25, 0.3) is 0 Å². The third kappa shape index (κ3) is 2.53. The number of carbonyl (C=O) groups excluding carboxylic acids is 1. The van der Waals surface area contributed by atoms with Crippen LogP contribution < -0.4 is 10.4 Å². The third-order valence-electron chi connectivity index (χ3n) is 2.34. The standard InChI is InChI=1S/C10H10BrNO2S/c11-7-3-1-2-6(4-7)9-12-8(5-15-9)10(13)14/h1-4,8-9,12H,5H2,(H,13,14)/t8-,9+/m0/s1. The van der Waals surface area contributed by atoms with E-state index in [0.717, 1.165) is 10.0 Å². The highest BCUT2D eigenvalue weighted by Crippen LogP contribution is 2.28. The van der Waals surface area contributed by atoms with Gasteiger partial charge in [-0.1, -0.05) is 39.8 Å². The van der Waals surface area contributed by atoms with Gasteiger partial charge in [0.1, 0.15) is 12.0 Å². The summed E-state index contributed by atoms with van der Waals surface area (Å²) in [6, 6.07) is 7.53. The molecule has 1 heterocycles. The Hall–Kier alpha value is -0.520. The largest absolute Gasteiger partial charge is 0.544 e. The number of aliphatic carboxylic acids is 1. The lowest BCUT2D eigenvalue weighted by Crippen LogP contribution is -2.90. The molecule has 0 aliphatic carbocycles. The van der Waals surface area contributed by atoms with Crippen LogP contribution >= 0.6 is 27.7 Å². The van der Waals surface area contributed by atoms with Gasteiger partial charge in [-0.15, -0.1) is 0 Å². The van der Waals surface area contributed by atoms with Crippen molar-refractivity contribution in [2.45, 2.75) is 11.4 Å². The van der Waals surface area contributed by atoms with E-state index >= 15 is 0 Å². The Balaban J connectivity index is 2.11. The van der Waals surface area contributed by atoms with Gasteiger partial charge in [-0.2, -0.15) is 0 Å². The van der Waals surface area contributed by atoms with Crippen molar-refractivity contribution in [2.75, 3.05) is 5.75 Å². The maximum atomic E-state index is 10.7. The predicted octanol–water partition coefficient (Wildman–Crippen LogP) is -0.124. The number of carboxylic acid groups (broad SMARTS) is 1. The van der Waals surface area contributed by atoms with Crippen molar-refractivity contribution in [1.82, 2.24) is 0 Å². The molecule has 0 amide bonds. The molecular weight excluding hydrogens is 278 g/mol. The summed E-state index contributed by atoms with van der Waals surface area (Å²) in [7, 11) is 0. The number of carboxylic acids is 1. The van der Waals surface area contributed by atoms with Crippen LogP contribution in [0.3, 0.4) is 0 Å². The minimum Gasteiger partial charge on any atom is -0.544 e. The van der Waals surface area contributed by atoms with Crippen LogP contribution in [-0.2, 0) is 4.79 Å². The van der Waals surface area contributed by atoms with E-state index in [-0.39, 0.29) is 5.37 Å². The highest BCUT2D eigenvalue weighted by Gasteiger charge is 2.30. The summed E-state index contributed by atoms with van der Waals surface area (Å²) in [5, 5.41) is 12.7. The van der Waals surface area contributed by atoms with Crippen molar-refractivity contribution in [2.24, 2.45) is 0 Å². The van der Waals surface area contributed by atoms with Gasteiger partial charge in [0.15, 0.2) is 5.37 Å². The Kier molecular flexibility index (Phi) is 3.33. The molecule has 5 heteroatoms. The third-order valence-corrected chi connectivity index (χ3v) is 4.18. The van der Waals surface area contributed by atoms with Gasteiger partial charge in [0.05, 0.1) is 5.75 Å².